The van der Waals surface area contributed by atoms with E-state index in [0.717, 1.165) is 12.1 Å². The Balaban J connectivity index is 1.84. The van der Waals surface area contributed by atoms with Gasteiger partial charge in [0.25, 0.3) is 0 Å². The van der Waals surface area contributed by atoms with Gasteiger partial charge in [-0.15, -0.1) is 0 Å². The summed E-state index contributed by atoms with van der Waals surface area (Å²) in [4.78, 5) is 0.134. The molecule has 1 fully saturated rings. The molecular formula is C19H21F2NO3S. The van der Waals surface area contributed by atoms with Crippen LogP contribution in [-0.4, -0.2) is 25.7 Å². The van der Waals surface area contributed by atoms with Gasteiger partial charge in [0.05, 0.1) is 11.0 Å². The molecule has 4 nitrogen and oxygen atoms in total. The van der Waals surface area contributed by atoms with Crippen LogP contribution in [0.15, 0.2) is 41.3 Å². The molecule has 1 aliphatic carbocycles. The molecule has 26 heavy (non-hydrogen) atoms. The molecule has 0 radical (unpaired) electrons. The van der Waals surface area contributed by atoms with E-state index < -0.39 is 21.7 Å². The van der Waals surface area contributed by atoms with Crippen molar-refractivity contribution in [3.63, 3.8) is 0 Å². The standard InChI is InChI=1S/C19H21F2NO3S/c1-12-10-13(17-8-3-14(20)11-18(17)21)2-9-19(12)26(24,25)22-15-4-6-16(23)7-5-15/h2-3,8-11,15-16,22-23H,4-7H2,1H3/t15-,16-. The number of nitrogens with one attached hydrogen (secondary N) is 1. The zero-order chi connectivity index (χ0) is 18.9. The fourth-order valence-electron chi connectivity index (χ4n) is 3.32. The Labute approximate surface area is 151 Å². The second kappa shape index (κ2) is 7.42. The van der Waals surface area contributed by atoms with Crippen molar-refractivity contribution in [1.29, 1.82) is 0 Å². The van der Waals surface area contributed by atoms with Crippen molar-refractivity contribution in [1.82, 2.24) is 4.72 Å². The summed E-state index contributed by atoms with van der Waals surface area (Å²) in [5, 5.41) is 9.53. The van der Waals surface area contributed by atoms with Gasteiger partial charge in [-0.3, -0.25) is 0 Å². The van der Waals surface area contributed by atoms with Crippen LogP contribution in [0, 0.1) is 18.6 Å². The Hall–Kier alpha value is -1.83. The summed E-state index contributed by atoms with van der Waals surface area (Å²) in [7, 11) is -3.71. The highest BCUT2D eigenvalue weighted by Gasteiger charge is 2.26. The number of hydrogen-bond acceptors (Lipinski definition) is 3. The molecule has 0 saturated heterocycles. The highest BCUT2D eigenvalue weighted by Crippen LogP contribution is 2.28. The molecule has 2 aromatic rings. The molecule has 1 saturated carbocycles. The Morgan fingerprint density at radius 2 is 1.73 bits per heavy atom. The minimum atomic E-state index is -3.71. The number of aryl methyl sites for hydroxylation is 1. The van der Waals surface area contributed by atoms with Crippen molar-refractivity contribution in [2.45, 2.75) is 49.6 Å². The van der Waals surface area contributed by atoms with Crippen molar-refractivity contribution in [2.24, 2.45) is 0 Å². The fraction of sp³-hybridized carbons (Fsp3) is 0.368. The van der Waals surface area contributed by atoms with Gasteiger partial charge in [-0.25, -0.2) is 21.9 Å². The van der Waals surface area contributed by atoms with Gasteiger partial charge in [-0.05, 0) is 68.0 Å². The Morgan fingerprint density at radius 1 is 1.04 bits per heavy atom. The quantitative estimate of drug-likeness (QED) is 0.852. The van der Waals surface area contributed by atoms with Crippen LogP contribution in [0.3, 0.4) is 0 Å². The lowest BCUT2D eigenvalue weighted by Gasteiger charge is -2.26. The number of aliphatic hydroxyl groups is 1. The lowest BCUT2D eigenvalue weighted by atomic mass is 9.94. The van der Waals surface area contributed by atoms with Crippen LogP contribution in [0.4, 0.5) is 8.78 Å². The highest BCUT2D eigenvalue weighted by molar-refractivity contribution is 7.89. The maximum Gasteiger partial charge on any atom is 0.241 e. The predicted molar refractivity (Wildman–Crippen MR) is 95.1 cm³/mol. The van der Waals surface area contributed by atoms with Gasteiger partial charge < -0.3 is 5.11 Å². The summed E-state index contributed by atoms with van der Waals surface area (Å²) in [6.45, 7) is 1.64. The van der Waals surface area contributed by atoms with E-state index in [1.807, 2.05) is 0 Å². The highest BCUT2D eigenvalue weighted by atomic mass is 32.2. The average molecular weight is 381 g/mol. The first kappa shape index (κ1) is 18.9. The van der Waals surface area contributed by atoms with Gasteiger partial charge in [0.1, 0.15) is 11.6 Å². The predicted octanol–water partition coefficient (Wildman–Crippen LogP) is 3.52. The monoisotopic (exact) mass is 381 g/mol. The maximum absolute atomic E-state index is 14.0. The van der Waals surface area contributed by atoms with Crippen molar-refractivity contribution in [2.75, 3.05) is 0 Å². The van der Waals surface area contributed by atoms with Crippen molar-refractivity contribution >= 4 is 10.0 Å². The first-order valence-electron chi connectivity index (χ1n) is 8.53. The van der Waals surface area contributed by atoms with Gasteiger partial charge in [-0.2, -0.15) is 0 Å². The molecule has 0 aromatic heterocycles. The smallest absolute Gasteiger partial charge is 0.241 e. The first-order valence-corrected chi connectivity index (χ1v) is 10.0. The summed E-state index contributed by atoms with van der Waals surface area (Å²) in [6, 6.07) is 7.63. The third-order valence-electron chi connectivity index (χ3n) is 4.73. The molecule has 2 N–H and O–H groups in total. The lowest BCUT2D eigenvalue weighted by Crippen LogP contribution is -2.38. The van der Waals surface area contributed by atoms with E-state index in [0.29, 0.717) is 36.8 Å². The van der Waals surface area contributed by atoms with Crippen LogP contribution in [0.2, 0.25) is 0 Å². The summed E-state index contributed by atoms with van der Waals surface area (Å²) in [5.41, 5.74) is 1.18. The van der Waals surface area contributed by atoms with E-state index in [1.165, 1.54) is 18.2 Å². The van der Waals surface area contributed by atoms with Crippen LogP contribution in [0.25, 0.3) is 11.1 Å². The molecule has 0 unspecified atom stereocenters. The summed E-state index contributed by atoms with van der Waals surface area (Å²) < 4.78 is 55.0. The van der Waals surface area contributed by atoms with Gasteiger partial charge in [0, 0.05) is 17.7 Å². The number of hydrogen-bond donors (Lipinski definition) is 2. The van der Waals surface area contributed by atoms with E-state index in [-0.39, 0.29) is 22.6 Å². The van der Waals surface area contributed by atoms with Crippen molar-refractivity contribution in [3.05, 3.63) is 53.6 Å². The zero-order valence-corrected chi connectivity index (χ0v) is 15.2. The van der Waals surface area contributed by atoms with Crippen LogP contribution in [0.5, 0.6) is 0 Å². The van der Waals surface area contributed by atoms with Crippen LogP contribution in [0.1, 0.15) is 31.2 Å². The second-order valence-electron chi connectivity index (χ2n) is 6.73. The molecule has 0 amide bonds. The lowest BCUT2D eigenvalue weighted by molar-refractivity contribution is 0.120. The Bertz CT molecular complexity index is 907. The van der Waals surface area contributed by atoms with Gasteiger partial charge in [0.2, 0.25) is 10.0 Å². The molecular weight excluding hydrogens is 360 g/mol. The largest absolute Gasteiger partial charge is 0.393 e. The molecule has 7 heteroatoms. The first-order chi connectivity index (χ1) is 12.3. The summed E-state index contributed by atoms with van der Waals surface area (Å²) >= 11 is 0. The fourth-order valence-corrected chi connectivity index (χ4v) is 4.85. The third-order valence-corrected chi connectivity index (χ3v) is 6.41. The topological polar surface area (TPSA) is 66.4 Å². The molecule has 0 spiro atoms. The van der Waals surface area contributed by atoms with Crippen molar-refractivity contribution < 1.29 is 22.3 Å². The molecule has 2 aromatic carbocycles. The van der Waals surface area contributed by atoms with Crippen molar-refractivity contribution in [3.8, 4) is 11.1 Å². The van der Waals surface area contributed by atoms with E-state index in [1.54, 1.807) is 13.0 Å². The number of rotatable bonds is 4. The number of benzene rings is 2. The third kappa shape index (κ3) is 4.11. The molecule has 140 valence electrons. The van der Waals surface area contributed by atoms with Crippen LogP contribution >= 0.6 is 0 Å². The van der Waals surface area contributed by atoms with E-state index in [4.69, 9.17) is 0 Å². The van der Waals surface area contributed by atoms with E-state index in [2.05, 4.69) is 4.72 Å². The molecule has 0 heterocycles. The molecule has 0 aliphatic heterocycles. The van der Waals surface area contributed by atoms with Gasteiger partial charge in [0.15, 0.2) is 0 Å². The number of halogens is 2. The molecule has 3 rings (SSSR count). The average Bonchev–Trinajstić information content (AvgIpc) is 2.56. The van der Waals surface area contributed by atoms with Crippen LogP contribution in [-0.2, 0) is 10.0 Å². The van der Waals surface area contributed by atoms with Gasteiger partial charge >= 0.3 is 0 Å². The number of aliphatic hydroxyl groups excluding tert-OH is 1. The number of sulfonamides is 1. The van der Waals surface area contributed by atoms with E-state index in [9.17, 15) is 22.3 Å². The van der Waals surface area contributed by atoms with Gasteiger partial charge in [-0.1, -0.05) is 6.07 Å². The Kier molecular flexibility index (Phi) is 5.41. The summed E-state index contributed by atoms with van der Waals surface area (Å²) in [6.07, 6.45) is 1.99. The zero-order valence-electron chi connectivity index (χ0n) is 14.4. The minimum Gasteiger partial charge on any atom is -0.393 e. The molecule has 1 aliphatic rings. The Morgan fingerprint density at radius 3 is 2.35 bits per heavy atom. The van der Waals surface area contributed by atoms with E-state index >= 15 is 0 Å². The van der Waals surface area contributed by atoms with Crippen LogP contribution < -0.4 is 4.72 Å². The second-order valence-corrected chi connectivity index (χ2v) is 8.41. The molecule has 0 atom stereocenters. The maximum atomic E-state index is 14.0. The SMILES string of the molecule is Cc1cc(-c2ccc(F)cc2F)ccc1S(=O)(=O)N[C@H]1CC[C@H](O)CC1. The minimum absolute atomic E-state index is 0.134. The summed E-state index contributed by atoms with van der Waals surface area (Å²) in [5.74, 6) is -1.36. The molecule has 0 bridgehead atoms. The normalized spacial score (nSPS) is 20.9.